The SMILES string of the molecule is COc1ccc(CN2CC[C@@H](N(C)Cc3cc(=O)[nH]c(N(C)C)n3)C2)cc1F. The summed E-state index contributed by atoms with van der Waals surface area (Å²) >= 11 is 0. The lowest BCUT2D eigenvalue weighted by atomic mass is 10.2. The van der Waals surface area contributed by atoms with Gasteiger partial charge in [0.1, 0.15) is 0 Å². The summed E-state index contributed by atoms with van der Waals surface area (Å²) in [6.45, 7) is 3.17. The van der Waals surface area contributed by atoms with Gasteiger partial charge in [-0.2, -0.15) is 0 Å². The molecule has 7 nitrogen and oxygen atoms in total. The molecular weight excluding hydrogens is 361 g/mol. The van der Waals surface area contributed by atoms with E-state index in [9.17, 15) is 9.18 Å². The van der Waals surface area contributed by atoms with Gasteiger partial charge in [0.25, 0.3) is 5.56 Å². The fraction of sp³-hybridized carbons (Fsp3) is 0.500. The van der Waals surface area contributed by atoms with E-state index in [2.05, 4.69) is 26.8 Å². The first-order chi connectivity index (χ1) is 13.4. The van der Waals surface area contributed by atoms with Crippen molar-refractivity contribution in [1.82, 2.24) is 19.8 Å². The summed E-state index contributed by atoms with van der Waals surface area (Å²) in [5.41, 5.74) is 1.55. The Morgan fingerprint density at radius 2 is 2.11 bits per heavy atom. The average molecular weight is 389 g/mol. The second-order valence-electron chi connectivity index (χ2n) is 7.52. The van der Waals surface area contributed by atoms with Crippen molar-refractivity contribution in [3.63, 3.8) is 0 Å². The summed E-state index contributed by atoms with van der Waals surface area (Å²) < 4.78 is 18.9. The van der Waals surface area contributed by atoms with E-state index >= 15 is 0 Å². The molecule has 1 atom stereocenters. The highest BCUT2D eigenvalue weighted by atomic mass is 19.1. The zero-order valence-corrected chi connectivity index (χ0v) is 16.9. The van der Waals surface area contributed by atoms with E-state index in [0.29, 0.717) is 25.1 Å². The number of rotatable bonds is 7. The smallest absolute Gasteiger partial charge is 0.252 e. The first-order valence-corrected chi connectivity index (χ1v) is 9.38. The van der Waals surface area contributed by atoms with Crippen LogP contribution in [-0.4, -0.2) is 67.2 Å². The lowest BCUT2D eigenvalue weighted by molar-refractivity contribution is 0.220. The van der Waals surface area contributed by atoms with Crippen LogP contribution in [0.2, 0.25) is 0 Å². The number of likely N-dealkylation sites (N-methyl/N-ethyl adjacent to an activating group) is 1. The summed E-state index contributed by atoms with van der Waals surface area (Å²) in [6, 6.07) is 7.04. The molecule has 0 spiro atoms. The third-order valence-electron chi connectivity index (χ3n) is 5.11. The zero-order valence-electron chi connectivity index (χ0n) is 16.9. The van der Waals surface area contributed by atoms with E-state index in [4.69, 9.17) is 4.74 Å². The van der Waals surface area contributed by atoms with E-state index in [1.165, 1.54) is 7.11 Å². The van der Waals surface area contributed by atoms with Gasteiger partial charge in [0.05, 0.1) is 12.8 Å². The van der Waals surface area contributed by atoms with Gasteiger partial charge in [-0.3, -0.25) is 19.6 Å². The highest BCUT2D eigenvalue weighted by Gasteiger charge is 2.26. The number of nitrogens with zero attached hydrogens (tertiary/aromatic N) is 4. The predicted molar refractivity (Wildman–Crippen MR) is 107 cm³/mol. The number of aromatic nitrogens is 2. The lowest BCUT2D eigenvalue weighted by Gasteiger charge is -2.25. The summed E-state index contributed by atoms with van der Waals surface area (Å²) in [5.74, 6) is 0.501. The summed E-state index contributed by atoms with van der Waals surface area (Å²) in [5, 5.41) is 0. The maximum atomic E-state index is 13.9. The van der Waals surface area contributed by atoms with Crippen molar-refractivity contribution in [3.05, 3.63) is 51.7 Å². The first kappa shape index (κ1) is 20.3. The number of aromatic amines is 1. The minimum atomic E-state index is -0.329. The number of benzene rings is 1. The molecule has 3 rings (SSSR count). The number of anilines is 1. The molecule has 0 radical (unpaired) electrons. The van der Waals surface area contributed by atoms with Crippen molar-refractivity contribution in [2.45, 2.75) is 25.6 Å². The molecule has 0 bridgehead atoms. The van der Waals surface area contributed by atoms with Crippen LogP contribution in [0.5, 0.6) is 5.75 Å². The van der Waals surface area contributed by atoms with Crippen molar-refractivity contribution < 1.29 is 9.13 Å². The van der Waals surface area contributed by atoms with Crippen LogP contribution in [0.4, 0.5) is 10.3 Å². The average Bonchev–Trinajstić information content (AvgIpc) is 3.10. The van der Waals surface area contributed by atoms with Crippen LogP contribution >= 0.6 is 0 Å². The van der Waals surface area contributed by atoms with E-state index in [0.717, 1.165) is 30.8 Å². The van der Waals surface area contributed by atoms with Crippen LogP contribution in [0, 0.1) is 5.82 Å². The number of hydrogen-bond donors (Lipinski definition) is 1. The fourth-order valence-electron chi connectivity index (χ4n) is 3.55. The Hall–Kier alpha value is -2.45. The molecule has 2 heterocycles. The number of H-pyrrole nitrogens is 1. The molecule has 2 aromatic rings. The van der Waals surface area contributed by atoms with Gasteiger partial charge in [-0.15, -0.1) is 0 Å². The Morgan fingerprint density at radius 1 is 1.32 bits per heavy atom. The summed E-state index contributed by atoms with van der Waals surface area (Å²) in [7, 11) is 7.22. The third kappa shape index (κ3) is 4.88. The number of halogens is 1. The quantitative estimate of drug-likeness (QED) is 0.778. The number of likely N-dealkylation sites (tertiary alicyclic amines) is 1. The number of hydrogen-bond acceptors (Lipinski definition) is 6. The number of ether oxygens (including phenoxy) is 1. The topological polar surface area (TPSA) is 64.7 Å². The standard InChI is InChI=1S/C20H28FN5O2/c1-24(2)20-22-15(10-19(27)23-20)12-25(3)16-7-8-26(13-16)11-14-5-6-18(28-4)17(21)9-14/h5-6,9-10,16H,7-8,11-13H2,1-4H3,(H,22,23,27)/t16-/m1/s1. The highest BCUT2D eigenvalue weighted by molar-refractivity contribution is 5.29. The number of methoxy groups -OCH3 is 1. The van der Waals surface area contributed by atoms with Crippen LogP contribution in [0.15, 0.2) is 29.1 Å². The van der Waals surface area contributed by atoms with E-state index in [-0.39, 0.29) is 17.1 Å². The van der Waals surface area contributed by atoms with Crippen LogP contribution in [0.1, 0.15) is 17.7 Å². The summed E-state index contributed by atoms with van der Waals surface area (Å²) in [6.07, 6.45) is 1.03. The largest absolute Gasteiger partial charge is 0.494 e. The molecule has 1 saturated heterocycles. The van der Waals surface area contributed by atoms with Gasteiger partial charge < -0.3 is 9.64 Å². The van der Waals surface area contributed by atoms with Gasteiger partial charge in [-0.05, 0) is 31.2 Å². The van der Waals surface area contributed by atoms with Gasteiger partial charge in [0.2, 0.25) is 5.95 Å². The Morgan fingerprint density at radius 3 is 2.79 bits per heavy atom. The molecule has 0 unspecified atom stereocenters. The molecule has 8 heteroatoms. The molecule has 152 valence electrons. The van der Waals surface area contributed by atoms with Gasteiger partial charge in [-0.25, -0.2) is 9.37 Å². The second-order valence-corrected chi connectivity index (χ2v) is 7.52. The molecular formula is C20H28FN5O2. The van der Waals surface area contributed by atoms with Gasteiger partial charge in [0.15, 0.2) is 11.6 Å². The Balaban J connectivity index is 1.59. The second kappa shape index (κ2) is 8.70. The fourth-order valence-corrected chi connectivity index (χ4v) is 3.55. The van der Waals surface area contributed by atoms with Crippen molar-refractivity contribution in [3.8, 4) is 5.75 Å². The third-order valence-corrected chi connectivity index (χ3v) is 5.11. The molecule has 1 aliphatic rings. The van der Waals surface area contributed by atoms with Crippen LogP contribution in [-0.2, 0) is 13.1 Å². The summed E-state index contributed by atoms with van der Waals surface area (Å²) in [4.78, 5) is 25.4. The molecule has 1 N–H and O–H groups in total. The molecule has 1 aromatic heterocycles. The van der Waals surface area contributed by atoms with Crippen molar-refractivity contribution in [2.75, 3.05) is 46.2 Å². The Kier molecular flexibility index (Phi) is 6.31. The minimum absolute atomic E-state index is 0.142. The van der Waals surface area contributed by atoms with Crippen molar-refractivity contribution in [1.29, 1.82) is 0 Å². The number of nitrogens with one attached hydrogen (secondary N) is 1. The van der Waals surface area contributed by atoms with Crippen molar-refractivity contribution >= 4 is 5.95 Å². The predicted octanol–water partition coefficient (Wildman–Crippen LogP) is 1.69. The molecule has 0 amide bonds. The van der Waals surface area contributed by atoms with E-state index < -0.39 is 0 Å². The molecule has 1 fully saturated rings. The zero-order chi connectivity index (χ0) is 20.3. The first-order valence-electron chi connectivity index (χ1n) is 9.38. The van der Waals surface area contributed by atoms with E-state index in [1.807, 2.05) is 20.2 Å². The molecule has 1 aliphatic heterocycles. The van der Waals surface area contributed by atoms with Crippen molar-refractivity contribution in [2.24, 2.45) is 0 Å². The normalized spacial score (nSPS) is 17.3. The van der Waals surface area contributed by atoms with Crippen LogP contribution in [0.25, 0.3) is 0 Å². The maximum absolute atomic E-state index is 13.9. The van der Waals surface area contributed by atoms with Crippen LogP contribution < -0.4 is 15.2 Å². The Bertz CT molecular complexity index is 870. The Labute approximate surface area is 164 Å². The van der Waals surface area contributed by atoms with Crippen LogP contribution in [0.3, 0.4) is 0 Å². The monoisotopic (exact) mass is 389 g/mol. The molecule has 0 aliphatic carbocycles. The molecule has 28 heavy (non-hydrogen) atoms. The van der Waals surface area contributed by atoms with Gasteiger partial charge in [0, 0.05) is 52.4 Å². The lowest BCUT2D eigenvalue weighted by Crippen LogP contribution is -2.34. The van der Waals surface area contributed by atoms with Gasteiger partial charge in [-0.1, -0.05) is 6.07 Å². The maximum Gasteiger partial charge on any atom is 0.252 e. The minimum Gasteiger partial charge on any atom is -0.494 e. The highest BCUT2D eigenvalue weighted by Crippen LogP contribution is 2.22. The van der Waals surface area contributed by atoms with Gasteiger partial charge >= 0.3 is 0 Å². The van der Waals surface area contributed by atoms with E-state index in [1.54, 1.807) is 23.1 Å². The molecule has 0 saturated carbocycles. The molecule has 1 aromatic carbocycles.